The summed E-state index contributed by atoms with van der Waals surface area (Å²) in [6, 6.07) is 9.16. The number of nitrogens with one attached hydrogen (secondary N) is 1. The number of anilines is 1. The molecule has 31 heavy (non-hydrogen) atoms. The molecule has 0 fully saturated rings. The molecule has 8 nitrogen and oxygen atoms in total. The largest absolute Gasteiger partial charge is 0.493 e. The number of hydrogen-bond acceptors (Lipinski definition) is 6. The zero-order chi connectivity index (χ0) is 22.5. The lowest BCUT2D eigenvalue weighted by Crippen LogP contribution is -2.14. The fourth-order valence-electron chi connectivity index (χ4n) is 3.02. The molecule has 0 aliphatic carbocycles. The van der Waals surface area contributed by atoms with Gasteiger partial charge < -0.3 is 14.8 Å². The molecule has 0 atom stereocenters. The van der Waals surface area contributed by atoms with Crippen molar-refractivity contribution in [3.8, 4) is 17.4 Å². The van der Waals surface area contributed by atoms with Crippen molar-refractivity contribution >= 4 is 17.8 Å². The first-order valence-electron chi connectivity index (χ1n) is 9.98. The lowest BCUT2D eigenvalue weighted by atomic mass is 10.2. The van der Waals surface area contributed by atoms with Gasteiger partial charge in [0.25, 0.3) is 5.95 Å². The standard InChI is InChI=1S/C23H27N5O3/c1-14(2)31-19-9-7-18(13-20(19)30-6)8-10-22(29)26-21-12-17(5)27-28(21)23-24-15(3)11-16(4)25-23/h7-14H,1-6H3,(H,26,29)/b10-8+. The van der Waals surface area contributed by atoms with Crippen LogP contribution in [0, 0.1) is 20.8 Å². The molecule has 0 aliphatic rings. The number of rotatable bonds is 7. The molecule has 1 aromatic carbocycles. The Morgan fingerprint density at radius 2 is 1.74 bits per heavy atom. The predicted molar refractivity (Wildman–Crippen MR) is 120 cm³/mol. The van der Waals surface area contributed by atoms with E-state index in [1.807, 2.05) is 58.9 Å². The summed E-state index contributed by atoms with van der Waals surface area (Å²) in [7, 11) is 1.58. The molecule has 2 aromatic heterocycles. The smallest absolute Gasteiger partial charge is 0.252 e. The number of carbonyl (C=O) groups excluding carboxylic acids is 1. The second-order valence-electron chi connectivity index (χ2n) is 7.43. The minimum atomic E-state index is -0.299. The molecule has 1 N–H and O–H groups in total. The van der Waals surface area contributed by atoms with Gasteiger partial charge in [-0.3, -0.25) is 4.79 Å². The minimum absolute atomic E-state index is 0.0375. The third-order valence-electron chi connectivity index (χ3n) is 4.22. The van der Waals surface area contributed by atoms with Gasteiger partial charge in [0.1, 0.15) is 5.82 Å². The van der Waals surface area contributed by atoms with E-state index in [9.17, 15) is 4.79 Å². The maximum Gasteiger partial charge on any atom is 0.252 e. The van der Waals surface area contributed by atoms with E-state index in [0.29, 0.717) is 23.3 Å². The number of aryl methyl sites for hydroxylation is 3. The molecular formula is C23H27N5O3. The summed E-state index contributed by atoms with van der Waals surface area (Å²) in [6.45, 7) is 9.53. The second-order valence-corrected chi connectivity index (χ2v) is 7.43. The Labute approximate surface area is 181 Å². The Kier molecular flexibility index (Phi) is 6.69. The number of benzene rings is 1. The molecule has 0 bridgehead atoms. The molecule has 0 saturated carbocycles. The predicted octanol–water partition coefficient (Wildman–Crippen LogP) is 4.04. The van der Waals surface area contributed by atoms with Crippen LogP contribution in [0.1, 0.15) is 36.5 Å². The monoisotopic (exact) mass is 421 g/mol. The Morgan fingerprint density at radius 3 is 2.39 bits per heavy atom. The zero-order valence-electron chi connectivity index (χ0n) is 18.6. The maximum atomic E-state index is 12.5. The van der Waals surface area contributed by atoms with E-state index >= 15 is 0 Å². The number of carbonyl (C=O) groups is 1. The van der Waals surface area contributed by atoms with Crippen molar-refractivity contribution in [1.82, 2.24) is 19.7 Å². The quantitative estimate of drug-likeness (QED) is 0.579. The van der Waals surface area contributed by atoms with Crippen molar-refractivity contribution in [2.75, 3.05) is 12.4 Å². The Morgan fingerprint density at radius 1 is 1.03 bits per heavy atom. The highest BCUT2D eigenvalue weighted by Crippen LogP contribution is 2.29. The van der Waals surface area contributed by atoms with Crippen molar-refractivity contribution in [2.24, 2.45) is 0 Å². The van der Waals surface area contributed by atoms with E-state index in [1.54, 1.807) is 19.3 Å². The summed E-state index contributed by atoms with van der Waals surface area (Å²) in [5, 5.41) is 7.26. The van der Waals surface area contributed by atoms with E-state index in [2.05, 4.69) is 20.4 Å². The molecule has 3 aromatic rings. The van der Waals surface area contributed by atoms with Gasteiger partial charge in [-0.15, -0.1) is 0 Å². The highest BCUT2D eigenvalue weighted by atomic mass is 16.5. The lowest BCUT2D eigenvalue weighted by Gasteiger charge is -2.13. The van der Waals surface area contributed by atoms with E-state index in [1.165, 1.54) is 10.8 Å². The first-order chi connectivity index (χ1) is 14.7. The van der Waals surface area contributed by atoms with Crippen LogP contribution in [0.5, 0.6) is 11.5 Å². The molecule has 0 saturated heterocycles. The molecule has 0 aliphatic heterocycles. The highest BCUT2D eigenvalue weighted by molar-refractivity contribution is 6.01. The fourth-order valence-corrected chi connectivity index (χ4v) is 3.02. The number of methoxy groups -OCH3 is 1. The van der Waals surface area contributed by atoms with Crippen LogP contribution in [-0.2, 0) is 4.79 Å². The third-order valence-corrected chi connectivity index (χ3v) is 4.22. The number of nitrogens with zero attached hydrogens (tertiary/aromatic N) is 4. The van der Waals surface area contributed by atoms with Gasteiger partial charge in [-0.25, -0.2) is 9.97 Å². The van der Waals surface area contributed by atoms with Gasteiger partial charge in [-0.1, -0.05) is 6.07 Å². The molecule has 0 spiro atoms. The Balaban J connectivity index is 1.78. The van der Waals surface area contributed by atoms with Crippen LogP contribution in [0.25, 0.3) is 12.0 Å². The number of hydrogen-bond donors (Lipinski definition) is 1. The second kappa shape index (κ2) is 9.42. The average molecular weight is 422 g/mol. The fraction of sp³-hybridized carbons (Fsp3) is 0.304. The first kappa shape index (κ1) is 22.0. The van der Waals surface area contributed by atoms with Crippen LogP contribution in [0.2, 0.25) is 0 Å². The summed E-state index contributed by atoms with van der Waals surface area (Å²) < 4.78 is 12.6. The number of ether oxygens (including phenoxy) is 2. The van der Waals surface area contributed by atoms with E-state index in [-0.39, 0.29) is 12.0 Å². The molecule has 2 heterocycles. The van der Waals surface area contributed by atoms with Crippen LogP contribution in [0.3, 0.4) is 0 Å². The zero-order valence-corrected chi connectivity index (χ0v) is 18.6. The normalized spacial score (nSPS) is 11.2. The van der Waals surface area contributed by atoms with Crippen molar-refractivity contribution < 1.29 is 14.3 Å². The summed E-state index contributed by atoms with van der Waals surface area (Å²) in [6.07, 6.45) is 3.19. The lowest BCUT2D eigenvalue weighted by molar-refractivity contribution is -0.111. The van der Waals surface area contributed by atoms with Crippen LogP contribution in [0.4, 0.5) is 5.82 Å². The van der Waals surface area contributed by atoms with Crippen LogP contribution in [-0.4, -0.2) is 38.9 Å². The molecule has 0 radical (unpaired) electrons. The van der Waals surface area contributed by atoms with Gasteiger partial charge in [0.15, 0.2) is 11.5 Å². The molecule has 0 unspecified atom stereocenters. The molecule has 8 heteroatoms. The minimum Gasteiger partial charge on any atom is -0.493 e. The van der Waals surface area contributed by atoms with E-state index in [4.69, 9.17) is 9.47 Å². The van der Waals surface area contributed by atoms with Gasteiger partial charge in [-0.2, -0.15) is 9.78 Å². The average Bonchev–Trinajstić information content (AvgIpc) is 3.06. The first-order valence-corrected chi connectivity index (χ1v) is 9.98. The van der Waals surface area contributed by atoms with Crippen LogP contribution < -0.4 is 14.8 Å². The SMILES string of the molecule is COc1cc(/C=C/C(=O)Nc2cc(C)nn2-c2nc(C)cc(C)n2)ccc1OC(C)C. The number of amides is 1. The van der Waals surface area contributed by atoms with Gasteiger partial charge in [0.05, 0.1) is 18.9 Å². The highest BCUT2D eigenvalue weighted by Gasteiger charge is 2.13. The Bertz CT molecular complexity index is 1100. The van der Waals surface area contributed by atoms with Crippen molar-refractivity contribution in [3.63, 3.8) is 0 Å². The van der Waals surface area contributed by atoms with Gasteiger partial charge in [0.2, 0.25) is 5.91 Å². The van der Waals surface area contributed by atoms with Crippen molar-refractivity contribution in [2.45, 2.75) is 40.7 Å². The van der Waals surface area contributed by atoms with E-state index < -0.39 is 0 Å². The van der Waals surface area contributed by atoms with Gasteiger partial charge in [-0.05, 0) is 64.5 Å². The van der Waals surface area contributed by atoms with Crippen molar-refractivity contribution in [3.05, 3.63) is 59.1 Å². The Hall–Kier alpha value is -3.68. The third kappa shape index (κ3) is 5.69. The molecule has 162 valence electrons. The van der Waals surface area contributed by atoms with Gasteiger partial charge >= 0.3 is 0 Å². The number of aromatic nitrogens is 4. The summed E-state index contributed by atoms with van der Waals surface area (Å²) in [4.78, 5) is 21.4. The van der Waals surface area contributed by atoms with E-state index in [0.717, 1.165) is 22.6 Å². The molecular weight excluding hydrogens is 394 g/mol. The van der Waals surface area contributed by atoms with Crippen LogP contribution in [0.15, 0.2) is 36.4 Å². The maximum absolute atomic E-state index is 12.5. The molecule has 3 rings (SSSR count). The van der Waals surface area contributed by atoms with Crippen LogP contribution >= 0.6 is 0 Å². The summed E-state index contributed by atoms with van der Waals surface area (Å²) in [5.74, 6) is 1.88. The topological polar surface area (TPSA) is 91.2 Å². The van der Waals surface area contributed by atoms with Gasteiger partial charge in [0, 0.05) is 23.5 Å². The van der Waals surface area contributed by atoms with Crippen molar-refractivity contribution in [1.29, 1.82) is 0 Å². The molecule has 1 amide bonds. The summed E-state index contributed by atoms with van der Waals surface area (Å²) in [5.41, 5.74) is 3.20. The summed E-state index contributed by atoms with van der Waals surface area (Å²) >= 11 is 0.